The number of rotatable bonds is 6. The van der Waals surface area contributed by atoms with E-state index in [1.807, 2.05) is 6.92 Å². The predicted molar refractivity (Wildman–Crippen MR) is 111 cm³/mol. The van der Waals surface area contributed by atoms with E-state index in [0.717, 1.165) is 12.8 Å². The summed E-state index contributed by atoms with van der Waals surface area (Å²) in [5.74, 6) is -3.35. The van der Waals surface area contributed by atoms with E-state index in [-0.39, 0.29) is 28.9 Å². The van der Waals surface area contributed by atoms with Crippen LogP contribution in [0.5, 0.6) is 0 Å². The van der Waals surface area contributed by atoms with E-state index < -0.39 is 17.7 Å². The minimum Gasteiger partial charge on any atom is -0.356 e. The Morgan fingerprint density at radius 1 is 1.19 bits per heavy atom. The minimum absolute atomic E-state index is 0.0330. The molecule has 0 spiro atoms. The van der Waals surface area contributed by atoms with Crippen LogP contribution >= 0.6 is 11.9 Å². The van der Waals surface area contributed by atoms with Crippen LogP contribution in [0.1, 0.15) is 30.9 Å². The van der Waals surface area contributed by atoms with Crippen molar-refractivity contribution in [2.45, 2.75) is 36.8 Å². The molecule has 31 heavy (non-hydrogen) atoms. The Morgan fingerprint density at radius 3 is 2.55 bits per heavy atom. The second-order valence-corrected chi connectivity index (χ2v) is 8.48. The third-order valence-corrected chi connectivity index (χ3v) is 5.54. The van der Waals surface area contributed by atoms with Gasteiger partial charge < -0.3 is 25.5 Å². The fraction of sp³-hybridized carbons (Fsp3) is 0.474. The van der Waals surface area contributed by atoms with Gasteiger partial charge in [-0.25, -0.2) is 4.98 Å². The van der Waals surface area contributed by atoms with Gasteiger partial charge in [0.2, 0.25) is 5.95 Å². The van der Waals surface area contributed by atoms with Crippen LogP contribution in [0.3, 0.4) is 0 Å². The first-order valence-electron chi connectivity index (χ1n) is 9.60. The lowest BCUT2D eigenvalue weighted by Gasteiger charge is -2.33. The van der Waals surface area contributed by atoms with Crippen LogP contribution < -0.4 is 14.9 Å². The zero-order valence-electron chi connectivity index (χ0n) is 16.9. The lowest BCUT2D eigenvalue weighted by molar-refractivity contribution is -0.323. The molecule has 1 atom stereocenters. The number of nitrogens with one attached hydrogen (secondary N) is 2. The first kappa shape index (κ1) is 23.5. The van der Waals surface area contributed by atoms with E-state index >= 15 is 0 Å². The van der Waals surface area contributed by atoms with Crippen molar-refractivity contribution in [1.29, 1.82) is 0 Å². The first-order valence-corrected chi connectivity index (χ1v) is 10.4. The molecular weight excluding hydrogens is 435 g/mol. The van der Waals surface area contributed by atoms with Crippen LogP contribution in [0, 0.1) is 5.92 Å². The van der Waals surface area contributed by atoms with Gasteiger partial charge in [0.1, 0.15) is 11.4 Å². The van der Waals surface area contributed by atoms with Crippen molar-refractivity contribution in [2.75, 3.05) is 30.4 Å². The molecule has 1 aromatic carbocycles. The number of aromatic nitrogens is 2. The first-order chi connectivity index (χ1) is 14.5. The number of nitrogens with zero attached hydrogens (tertiary/aromatic N) is 3. The number of halogens is 3. The van der Waals surface area contributed by atoms with Crippen LogP contribution in [0.4, 0.5) is 30.6 Å². The Kier molecular flexibility index (Phi) is 6.96. The molecule has 3 rings (SSSR count). The molecule has 1 saturated heterocycles. The van der Waals surface area contributed by atoms with Crippen molar-refractivity contribution in [1.82, 2.24) is 14.7 Å². The van der Waals surface area contributed by atoms with Gasteiger partial charge in [0.25, 0.3) is 0 Å². The van der Waals surface area contributed by atoms with Gasteiger partial charge in [-0.1, -0.05) is 6.92 Å². The topological polar surface area (TPSA) is 114 Å². The van der Waals surface area contributed by atoms with E-state index in [4.69, 9.17) is 0 Å². The Bertz CT molecular complexity index is 924. The molecule has 1 unspecified atom stereocenters. The third-order valence-electron chi connectivity index (χ3n) is 4.85. The molecule has 0 saturated carbocycles. The maximum atomic E-state index is 13.6. The molecule has 170 valence electrons. The van der Waals surface area contributed by atoms with Crippen LogP contribution in [-0.2, 0) is 12.1 Å². The van der Waals surface area contributed by atoms with Crippen molar-refractivity contribution in [3.05, 3.63) is 35.5 Å². The minimum atomic E-state index is -4.62. The molecular formula is C19H24F3N5O3S. The van der Waals surface area contributed by atoms with Gasteiger partial charge in [-0.15, -0.1) is 0 Å². The Morgan fingerprint density at radius 2 is 1.94 bits per heavy atom. The molecule has 0 bridgehead atoms. The number of piperidine rings is 1. The summed E-state index contributed by atoms with van der Waals surface area (Å²) in [5.41, 5.74) is -1.20. The fourth-order valence-electron chi connectivity index (χ4n) is 3.47. The maximum Gasteiger partial charge on any atom is 0.421 e. The van der Waals surface area contributed by atoms with Gasteiger partial charge in [0.15, 0.2) is 0 Å². The maximum absolute atomic E-state index is 13.6. The Hall–Kier alpha value is -2.12. The van der Waals surface area contributed by atoms with E-state index in [1.165, 1.54) is 24.1 Å². The fourth-order valence-corrected chi connectivity index (χ4v) is 4.02. The average molecular weight is 459 g/mol. The monoisotopic (exact) mass is 459 g/mol. The van der Waals surface area contributed by atoms with E-state index in [1.54, 1.807) is 18.0 Å². The summed E-state index contributed by atoms with van der Waals surface area (Å²) in [6.07, 6.45) is -2.23. The Balaban J connectivity index is 2.00. The summed E-state index contributed by atoms with van der Waals surface area (Å²) in [4.78, 5) is 10.0. The van der Waals surface area contributed by atoms with Gasteiger partial charge in [-0.3, -0.25) is 4.72 Å². The summed E-state index contributed by atoms with van der Waals surface area (Å²) in [6.45, 7) is 2.85. The van der Waals surface area contributed by atoms with Crippen molar-refractivity contribution in [3.63, 3.8) is 0 Å². The van der Waals surface area contributed by atoms with Crippen molar-refractivity contribution in [2.24, 2.45) is 5.92 Å². The van der Waals surface area contributed by atoms with Crippen molar-refractivity contribution >= 4 is 29.4 Å². The molecule has 1 fully saturated rings. The number of benzene rings is 1. The predicted octanol–water partition coefficient (Wildman–Crippen LogP) is 2.79. The van der Waals surface area contributed by atoms with Crippen molar-refractivity contribution < 1.29 is 28.5 Å². The molecule has 1 aliphatic rings. The van der Waals surface area contributed by atoms with Crippen LogP contribution in [0.2, 0.25) is 0 Å². The second-order valence-electron chi connectivity index (χ2n) is 7.40. The normalized spacial score (nSPS) is 17.7. The molecule has 0 radical (unpaired) electrons. The summed E-state index contributed by atoms with van der Waals surface area (Å²) in [7, 11) is 1.67. The molecule has 8 nitrogen and oxygen atoms in total. The highest BCUT2D eigenvalue weighted by Gasteiger charge is 2.37. The number of anilines is 3. The van der Waals surface area contributed by atoms with E-state index in [0.29, 0.717) is 24.2 Å². The van der Waals surface area contributed by atoms with E-state index in [9.17, 15) is 28.5 Å². The number of hydrogen-bond acceptors (Lipinski definition) is 9. The van der Waals surface area contributed by atoms with Crippen LogP contribution in [0.25, 0.3) is 0 Å². The zero-order valence-corrected chi connectivity index (χ0v) is 17.8. The van der Waals surface area contributed by atoms with Crippen LogP contribution in [0.15, 0.2) is 29.3 Å². The molecule has 2 heterocycles. The highest BCUT2D eigenvalue weighted by atomic mass is 32.2. The molecule has 12 heteroatoms. The molecule has 1 aliphatic heterocycles. The molecule has 0 aliphatic carbocycles. The largest absolute Gasteiger partial charge is 0.421 e. The smallest absolute Gasteiger partial charge is 0.356 e. The highest BCUT2D eigenvalue weighted by molar-refractivity contribution is 7.97. The van der Waals surface area contributed by atoms with Crippen LogP contribution in [-0.4, -0.2) is 45.4 Å². The second kappa shape index (κ2) is 9.17. The summed E-state index contributed by atoms with van der Waals surface area (Å²) >= 11 is 1.17. The average Bonchev–Trinajstić information content (AvgIpc) is 2.67. The lowest BCUT2D eigenvalue weighted by Crippen LogP contribution is -2.36. The number of alkyl halides is 3. The zero-order chi connectivity index (χ0) is 22.8. The van der Waals surface area contributed by atoms with Gasteiger partial charge in [-0.2, -0.15) is 18.2 Å². The molecule has 5 N–H and O–H groups in total. The summed E-state index contributed by atoms with van der Waals surface area (Å²) < 4.78 is 43.5. The summed E-state index contributed by atoms with van der Waals surface area (Å²) in [6, 6.07) is 4.38. The van der Waals surface area contributed by atoms with E-state index in [2.05, 4.69) is 20.0 Å². The number of aliphatic hydroxyl groups is 3. The van der Waals surface area contributed by atoms with Gasteiger partial charge >= 0.3 is 12.1 Å². The summed E-state index contributed by atoms with van der Waals surface area (Å²) in [5, 5.41) is 31.9. The third kappa shape index (κ3) is 5.77. The SMILES string of the molecule is CNSc1ccc(Nc2ncc(C(F)(F)F)c(N3CCCC(C)C3)n2)c(C(O)(O)O)c1. The Labute approximate surface area is 181 Å². The molecule has 0 amide bonds. The van der Waals surface area contributed by atoms with Gasteiger partial charge in [-0.05, 0) is 56.0 Å². The van der Waals surface area contributed by atoms with Gasteiger partial charge in [0, 0.05) is 24.2 Å². The highest BCUT2D eigenvalue weighted by Crippen LogP contribution is 2.38. The van der Waals surface area contributed by atoms with Gasteiger partial charge in [0.05, 0.1) is 11.3 Å². The molecule has 1 aromatic heterocycles. The standard InChI is InChI=1S/C19H24F3N5O3S/c1-11-4-3-7-27(10-11)16-14(18(20,21)22)9-24-17(26-16)25-15-6-5-12(31-23-2)8-13(15)19(28,29)30/h5-6,8-9,11,23,28-30H,3-4,7,10H2,1-2H3,(H,24,25,26). The van der Waals surface area contributed by atoms with Crippen molar-refractivity contribution in [3.8, 4) is 0 Å². The number of hydrogen-bond donors (Lipinski definition) is 5. The quantitative estimate of drug-likeness (QED) is 0.329. The molecule has 2 aromatic rings. The lowest BCUT2D eigenvalue weighted by atomic mass is 10.00.